The van der Waals surface area contributed by atoms with Crippen molar-refractivity contribution in [2.75, 3.05) is 0 Å². The molecule has 0 aromatic heterocycles. The van der Waals surface area contributed by atoms with Crippen molar-refractivity contribution in [1.82, 2.24) is 0 Å². The smallest absolute Gasteiger partial charge is 0 e. The zero-order chi connectivity index (χ0) is 7.71. The maximum Gasteiger partial charge on any atom is 0 e. The maximum absolute atomic E-state index is 4.82. The Bertz CT molecular complexity index is 80.9. The minimum atomic E-state index is -1.11. The Hall–Kier alpha value is 1.50. The molecule has 0 aliphatic carbocycles. The first-order chi connectivity index (χ1) is 3.71. The molecular weight excluding hydrogens is 231 g/mol. The minimum absolute atomic E-state index is 0. The predicted molar refractivity (Wildman–Crippen MR) is 50.1 cm³/mol. The van der Waals surface area contributed by atoms with Crippen molar-refractivity contribution in [3.63, 3.8) is 0 Å². The van der Waals surface area contributed by atoms with Crippen LogP contribution in [0.15, 0.2) is 0 Å². The van der Waals surface area contributed by atoms with E-state index < -0.39 is 16.5 Å². The molecule has 0 unspecified atom stereocenters. The van der Waals surface area contributed by atoms with Gasteiger partial charge in [-0.2, -0.15) is 0 Å². The molecule has 10 heavy (non-hydrogen) atoms. The third-order valence-corrected chi connectivity index (χ3v) is 6.04. The van der Waals surface area contributed by atoms with Crippen molar-refractivity contribution in [1.29, 1.82) is 0 Å². The van der Waals surface area contributed by atoms with E-state index in [-0.39, 0.29) is 32.7 Å². The van der Waals surface area contributed by atoms with Crippen molar-refractivity contribution in [2.45, 2.75) is 39.3 Å². The molecule has 0 N–H and O–H groups in total. The molecule has 0 saturated heterocycles. The summed E-state index contributed by atoms with van der Waals surface area (Å²) in [7, 11) is -2.21. The molecular formula is C6H18NSi2Y-. The van der Waals surface area contributed by atoms with Gasteiger partial charge in [0.1, 0.15) is 0 Å². The molecule has 0 heterocycles. The van der Waals surface area contributed by atoms with Gasteiger partial charge in [0.25, 0.3) is 0 Å². The van der Waals surface area contributed by atoms with Crippen LogP contribution in [0.25, 0.3) is 4.65 Å². The van der Waals surface area contributed by atoms with E-state index in [9.17, 15) is 0 Å². The van der Waals surface area contributed by atoms with E-state index in [1.165, 1.54) is 0 Å². The summed E-state index contributed by atoms with van der Waals surface area (Å²) in [6, 6.07) is 0. The van der Waals surface area contributed by atoms with Gasteiger partial charge in [0, 0.05) is 32.7 Å². The van der Waals surface area contributed by atoms with Gasteiger partial charge < -0.3 is 4.65 Å². The molecule has 1 nitrogen and oxygen atoms in total. The largest absolute Gasteiger partial charge is 0.668 e. The summed E-state index contributed by atoms with van der Waals surface area (Å²) in [5, 5.41) is 0. The van der Waals surface area contributed by atoms with E-state index >= 15 is 0 Å². The maximum atomic E-state index is 4.82. The molecule has 0 aromatic rings. The van der Waals surface area contributed by atoms with E-state index in [1.54, 1.807) is 0 Å². The van der Waals surface area contributed by atoms with Crippen LogP contribution in [-0.2, 0) is 32.7 Å². The summed E-state index contributed by atoms with van der Waals surface area (Å²) in [5.41, 5.74) is 0. The van der Waals surface area contributed by atoms with Crippen LogP contribution in [0.3, 0.4) is 0 Å². The summed E-state index contributed by atoms with van der Waals surface area (Å²) in [6.07, 6.45) is 0. The van der Waals surface area contributed by atoms with E-state index in [2.05, 4.69) is 39.3 Å². The fourth-order valence-electron chi connectivity index (χ4n) is 1.01. The molecule has 59 valence electrons. The zero-order valence-corrected chi connectivity index (χ0v) is 12.9. The molecule has 0 aliphatic rings. The van der Waals surface area contributed by atoms with Gasteiger partial charge in [0.2, 0.25) is 0 Å². The van der Waals surface area contributed by atoms with E-state index in [1.807, 2.05) is 0 Å². The van der Waals surface area contributed by atoms with Crippen molar-refractivity contribution in [3.05, 3.63) is 4.65 Å². The Labute approximate surface area is 92.4 Å². The molecule has 0 spiro atoms. The van der Waals surface area contributed by atoms with Gasteiger partial charge in [-0.3, -0.25) is 0 Å². The molecule has 0 bridgehead atoms. The molecule has 4 heteroatoms. The normalized spacial score (nSPS) is 12.6. The van der Waals surface area contributed by atoms with Crippen LogP contribution in [0, 0.1) is 0 Å². The van der Waals surface area contributed by atoms with Crippen molar-refractivity contribution < 1.29 is 32.7 Å². The van der Waals surface area contributed by atoms with Crippen LogP contribution in [0.1, 0.15) is 0 Å². The third-order valence-electron chi connectivity index (χ3n) is 0.671. The van der Waals surface area contributed by atoms with Gasteiger partial charge in [0.05, 0.1) is 0 Å². The number of rotatable bonds is 2. The molecule has 0 saturated carbocycles. The van der Waals surface area contributed by atoms with Gasteiger partial charge in [-0.15, -0.1) is 0 Å². The molecule has 1 radical (unpaired) electrons. The van der Waals surface area contributed by atoms with Crippen LogP contribution in [0.2, 0.25) is 39.3 Å². The van der Waals surface area contributed by atoms with Crippen LogP contribution in [0.5, 0.6) is 0 Å². The second kappa shape index (κ2) is 4.51. The summed E-state index contributed by atoms with van der Waals surface area (Å²) >= 11 is 0. The number of hydrogen-bond acceptors (Lipinski definition) is 0. The second-order valence-corrected chi connectivity index (χ2v) is 14.0. The first-order valence-corrected chi connectivity index (χ1v) is 10.3. The topological polar surface area (TPSA) is 14.1 Å². The Kier molecular flexibility index (Phi) is 6.33. The van der Waals surface area contributed by atoms with E-state index in [0.29, 0.717) is 0 Å². The quantitative estimate of drug-likeness (QED) is 0.668. The van der Waals surface area contributed by atoms with Gasteiger partial charge in [0.15, 0.2) is 0 Å². The summed E-state index contributed by atoms with van der Waals surface area (Å²) in [4.78, 5) is 0. The molecule has 0 amide bonds. The third kappa shape index (κ3) is 12.2. The monoisotopic (exact) mass is 249 g/mol. The average Bonchev–Trinajstić information content (AvgIpc) is 1.14. The SMILES string of the molecule is C[Si](C)(C)[N-][Si](C)(C)C.[Y]. The Morgan fingerprint density at radius 2 is 0.900 bits per heavy atom. The summed E-state index contributed by atoms with van der Waals surface area (Å²) < 4.78 is 4.82. The van der Waals surface area contributed by atoms with Crippen LogP contribution in [-0.4, -0.2) is 16.5 Å². The van der Waals surface area contributed by atoms with Crippen molar-refractivity contribution in [2.24, 2.45) is 0 Å². The first-order valence-electron chi connectivity index (χ1n) is 3.45. The zero-order valence-electron chi connectivity index (χ0n) is 8.02. The Morgan fingerprint density at radius 3 is 0.900 bits per heavy atom. The molecule has 0 fully saturated rings. The summed E-state index contributed by atoms with van der Waals surface area (Å²) in [5.74, 6) is 0. The molecule has 0 aromatic carbocycles. The van der Waals surface area contributed by atoms with Crippen molar-refractivity contribution >= 4 is 16.5 Å². The van der Waals surface area contributed by atoms with Crippen LogP contribution in [0.4, 0.5) is 0 Å². The van der Waals surface area contributed by atoms with Gasteiger partial charge in [-0.1, -0.05) is 55.8 Å². The molecule has 0 atom stereocenters. The van der Waals surface area contributed by atoms with E-state index in [4.69, 9.17) is 4.65 Å². The first kappa shape index (κ1) is 14.0. The van der Waals surface area contributed by atoms with Crippen LogP contribution < -0.4 is 0 Å². The standard InChI is InChI=1S/C6H18NSi2.Y/c1-8(2,3)7-9(4,5)6;/h1-6H3;/q-1;. The fourth-order valence-corrected chi connectivity index (χ4v) is 9.06. The predicted octanol–water partition coefficient (Wildman–Crippen LogP) is 3.03. The number of nitrogens with zero attached hydrogens (tertiary/aromatic N) is 1. The van der Waals surface area contributed by atoms with Gasteiger partial charge >= 0.3 is 0 Å². The van der Waals surface area contributed by atoms with Crippen molar-refractivity contribution in [3.8, 4) is 0 Å². The molecule has 0 rings (SSSR count). The second-order valence-electron chi connectivity index (χ2n) is 4.45. The average molecular weight is 249 g/mol. The Morgan fingerprint density at radius 1 is 0.700 bits per heavy atom. The fraction of sp³-hybridized carbons (Fsp3) is 1.00. The van der Waals surface area contributed by atoms with E-state index in [0.717, 1.165) is 0 Å². The van der Waals surface area contributed by atoms with Gasteiger partial charge in [-0.05, 0) is 0 Å². The number of hydrogen-bond donors (Lipinski definition) is 0. The van der Waals surface area contributed by atoms with Gasteiger partial charge in [-0.25, -0.2) is 0 Å². The van der Waals surface area contributed by atoms with Crippen LogP contribution >= 0.6 is 0 Å². The minimum Gasteiger partial charge on any atom is -0.668 e. The summed E-state index contributed by atoms with van der Waals surface area (Å²) in [6.45, 7) is 13.8. The molecule has 0 aliphatic heterocycles. The Balaban J connectivity index is 0.